The van der Waals surface area contributed by atoms with Gasteiger partial charge in [0, 0.05) is 23.2 Å². The van der Waals surface area contributed by atoms with Gasteiger partial charge in [-0.25, -0.2) is 0 Å². The summed E-state index contributed by atoms with van der Waals surface area (Å²) < 4.78 is 16.4. The van der Waals surface area contributed by atoms with Gasteiger partial charge < -0.3 is 19.2 Å². The second-order valence-corrected chi connectivity index (χ2v) is 6.40. The monoisotopic (exact) mass is 367 g/mol. The van der Waals surface area contributed by atoms with Crippen LogP contribution in [-0.4, -0.2) is 20.1 Å². The Morgan fingerprint density at radius 3 is 2.41 bits per heavy atom. The summed E-state index contributed by atoms with van der Waals surface area (Å²) in [5, 5.41) is 3.19. The number of ether oxygens (including phenoxy) is 2. The maximum absolute atomic E-state index is 12.6. The molecule has 0 atom stereocenters. The summed E-state index contributed by atoms with van der Waals surface area (Å²) in [5.74, 6) is 1.30. The van der Waals surface area contributed by atoms with Crippen LogP contribution in [0.25, 0.3) is 22.3 Å². The van der Waals surface area contributed by atoms with Crippen LogP contribution in [0.1, 0.15) is 13.8 Å². The van der Waals surface area contributed by atoms with Gasteiger partial charge in [-0.05, 0) is 36.4 Å². The van der Waals surface area contributed by atoms with Crippen molar-refractivity contribution in [2.75, 3.05) is 19.5 Å². The highest BCUT2D eigenvalue weighted by molar-refractivity contribution is 5.94. The number of anilines is 1. The smallest absolute Gasteiger partial charge is 0.226 e. The van der Waals surface area contributed by atoms with Gasteiger partial charge in [0.1, 0.15) is 11.3 Å². The van der Waals surface area contributed by atoms with E-state index < -0.39 is 0 Å². The number of carbonyl (C=O) groups excluding carboxylic acids is 1. The van der Waals surface area contributed by atoms with Gasteiger partial charge in [-0.2, -0.15) is 0 Å². The molecule has 6 heteroatoms. The van der Waals surface area contributed by atoms with Gasteiger partial charge in [0.15, 0.2) is 16.9 Å². The Kier molecular flexibility index (Phi) is 5.16. The fourth-order valence-corrected chi connectivity index (χ4v) is 2.65. The molecule has 0 spiro atoms. The summed E-state index contributed by atoms with van der Waals surface area (Å²) in [5.41, 5.74) is 1.51. The average Bonchev–Trinajstić information content (AvgIpc) is 2.67. The third-order valence-electron chi connectivity index (χ3n) is 4.19. The molecular formula is C21H21NO5. The molecule has 3 rings (SSSR count). The summed E-state index contributed by atoms with van der Waals surface area (Å²) in [7, 11) is 3.11. The summed E-state index contributed by atoms with van der Waals surface area (Å²) in [6.07, 6.45) is 0. The van der Waals surface area contributed by atoms with Crippen molar-refractivity contribution in [1.29, 1.82) is 0 Å². The molecular weight excluding hydrogens is 346 g/mol. The van der Waals surface area contributed by atoms with E-state index in [-0.39, 0.29) is 17.3 Å². The zero-order chi connectivity index (χ0) is 19.6. The molecule has 0 unspecified atom stereocenters. The molecule has 3 aromatic rings. The van der Waals surface area contributed by atoms with E-state index >= 15 is 0 Å². The molecule has 27 heavy (non-hydrogen) atoms. The number of benzene rings is 2. The van der Waals surface area contributed by atoms with E-state index in [0.29, 0.717) is 39.5 Å². The molecule has 0 aliphatic rings. The van der Waals surface area contributed by atoms with Crippen molar-refractivity contribution in [3.8, 4) is 22.8 Å². The minimum absolute atomic E-state index is 0.110. The first kappa shape index (κ1) is 18.5. The van der Waals surface area contributed by atoms with E-state index in [1.807, 2.05) is 0 Å². The highest BCUT2D eigenvalue weighted by atomic mass is 16.5. The Morgan fingerprint density at radius 2 is 1.74 bits per heavy atom. The summed E-state index contributed by atoms with van der Waals surface area (Å²) in [4.78, 5) is 24.4. The van der Waals surface area contributed by atoms with Gasteiger partial charge in [0.05, 0.1) is 19.6 Å². The Bertz CT molecular complexity index is 1050. The third-order valence-corrected chi connectivity index (χ3v) is 4.19. The van der Waals surface area contributed by atoms with Crippen molar-refractivity contribution in [3.63, 3.8) is 0 Å². The first-order chi connectivity index (χ1) is 12.9. The molecule has 0 bridgehead atoms. The molecule has 0 fully saturated rings. The number of nitrogens with one attached hydrogen (secondary N) is 1. The van der Waals surface area contributed by atoms with Gasteiger partial charge in [-0.3, -0.25) is 9.59 Å². The third kappa shape index (κ3) is 3.79. The molecule has 1 heterocycles. The van der Waals surface area contributed by atoms with Crippen molar-refractivity contribution in [2.24, 2.45) is 5.92 Å². The SMILES string of the molecule is COc1ccc(-c2cc(=O)c3cc(NC(=O)C(C)C)ccc3o2)cc1OC. The largest absolute Gasteiger partial charge is 0.493 e. The van der Waals surface area contributed by atoms with Crippen molar-refractivity contribution in [2.45, 2.75) is 13.8 Å². The average molecular weight is 367 g/mol. The maximum atomic E-state index is 12.6. The van der Waals surface area contributed by atoms with E-state index in [2.05, 4.69) is 5.32 Å². The predicted octanol–water partition coefficient (Wildman–Crippen LogP) is 4.07. The van der Waals surface area contributed by atoms with Gasteiger partial charge >= 0.3 is 0 Å². The fraction of sp³-hybridized carbons (Fsp3) is 0.238. The predicted molar refractivity (Wildman–Crippen MR) is 104 cm³/mol. The summed E-state index contributed by atoms with van der Waals surface area (Å²) in [6.45, 7) is 3.61. The zero-order valence-electron chi connectivity index (χ0n) is 15.7. The van der Waals surface area contributed by atoms with E-state index in [1.165, 1.54) is 6.07 Å². The van der Waals surface area contributed by atoms with Gasteiger partial charge in [0.2, 0.25) is 5.91 Å². The minimum atomic E-state index is -0.193. The second kappa shape index (κ2) is 7.53. The molecule has 0 saturated carbocycles. The molecule has 0 aliphatic carbocycles. The molecule has 0 radical (unpaired) electrons. The van der Waals surface area contributed by atoms with Crippen LogP contribution in [0.5, 0.6) is 11.5 Å². The molecule has 0 saturated heterocycles. The van der Waals surface area contributed by atoms with Crippen LogP contribution in [0.4, 0.5) is 5.69 Å². The topological polar surface area (TPSA) is 77.8 Å². The van der Waals surface area contributed by atoms with Crippen LogP contribution < -0.4 is 20.2 Å². The van der Waals surface area contributed by atoms with Crippen LogP contribution in [0.15, 0.2) is 51.7 Å². The van der Waals surface area contributed by atoms with E-state index in [4.69, 9.17) is 13.9 Å². The molecule has 2 aromatic carbocycles. The molecule has 140 valence electrons. The number of fused-ring (bicyclic) bond motifs is 1. The van der Waals surface area contributed by atoms with Crippen LogP contribution in [0.3, 0.4) is 0 Å². The lowest BCUT2D eigenvalue weighted by atomic mass is 10.1. The number of hydrogen-bond donors (Lipinski definition) is 1. The molecule has 1 N–H and O–H groups in total. The molecule has 6 nitrogen and oxygen atoms in total. The lowest BCUT2D eigenvalue weighted by Gasteiger charge is -2.10. The second-order valence-electron chi connectivity index (χ2n) is 6.40. The summed E-state index contributed by atoms with van der Waals surface area (Å²) >= 11 is 0. The lowest BCUT2D eigenvalue weighted by molar-refractivity contribution is -0.118. The highest BCUT2D eigenvalue weighted by Crippen LogP contribution is 2.33. The minimum Gasteiger partial charge on any atom is -0.493 e. The number of amides is 1. The van der Waals surface area contributed by atoms with Crippen LogP contribution in [-0.2, 0) is 4.79 Å². The Balaban J connectivity index is 2.03. The number of rotatable bonds is 5. The maximum Gasteiger partial charge on any atom is 0.226 e. The van der Waals surface area contributed by atoms with Crippen LogP contribution in [0, 0.1) is 5.92 Å². The molecule has 1 amide bonds. The van der Waals surface area contributed by atoms with Crippen LogP contribution >= 0.6 is 0 Å². The Hall–Kier alpha value is -3.28. The quantitative estimate of drug-likeness (QED) is 0.735. The number of methoxy groups -OCH3 is 2. The first-order valence-electron chi connectivity index (χ1n) is 8.54. The standard InChI is InChI=1S/C21H21NO5/c1-12(2)21(24)22-14-6-8-17-15(10-14)16(23)11-19(27-17)13-5-7-18(25-3)20(9-13)26-4/h5-12H,1-4H3,(H,22,24). The normalized spacial score (nSPS) is 10.9. The van der Waals surface area contributed by atoms with Crippen LogP contribution in [0.2, 0.25) is 0 Å². The van der Waals surface area contributed by atoms with Crippen molar-refractivity contribution >= 4 is 22.6 Å². The first-order valence-corrected chi connectivity index (χ1v) is 8.54. The fourth-order valence-electron chi connectivity index (χ4n) is 2.65. The number of carbonyl (C=O) groups is 1. The molecule has 0 aliphatic heterocycles. The molecule has 1 aromatic heterocycles. The van der Waals surface area contributed by atoms with Crippen molar-refractivity contribution < 1.29 is 18.7 Å². The van der Waals surface area contributed by atoms with E-state index in [9.17, 15) is 9.59 Å². The van der Waals surface area contributed by atoms with E-state index in [0.717, 1.165) is 0 Å². The highest BCUT2D eigenvalue weighted by Gasteiger charge is 2.12. The van der Waals surface area contributed by atoms with Crippen molar-refractivity contribution in [3.05, 3.63) is 52.7 Å². The number of hydrogen-bond acceptors (Lipinski definition) is 5. The lowest BCUT2D eigenvalue weighted by Crippen LogP contribution is -2.17. The van der Waals surface area contributed by atoms with Crippen molar-refractivity contribution in [1.82, 2.24) is 0 Å². The Morgan fingerprint density at radius 1 is 1.00 bits per heavy atom. The Labute approximate surface area is 156 Å². The summed E-state index contributed by atoms with van der Waals surface area (Å²) in [6, 6.07) is 11.7. The van der Waals surface area contributed by atoms with Gasteiger partial charge in [-0.1, -0.05) is 13.8 Å². The zero-order valence-corrected chi connectivity index (χ0v) is 15.7. The van der Waals surface area contributed by atoms with Gasteiger partial charge in [0.25, 0.3) is 0 Å². The van der Waals surface area contributed by atoms with Gasteiger partial charge in [-0.15, -0.1) is 0 Å². The van der Waals surface area contributed by atoms with E-state index in [1.54, 1.807) is 64.5 Å².